The van der Waals surface area contributed by atoms with Gasteiger partial charge in [0.25, 0.3) is 0 Å². The van der Waals surface area contributed by atoms with Crippen molar-refractivity contribution in [2.45, 2.75) is 24.9 Å². The first-order valence-electron chi connectivity index (χ1n) is 4.39. The fraction of sp³-hybridized carbons (Fsp3) is 0.556. The Morgan fingerprint density at radius 1 is 1.67 bits per heavy atom. The van der Waals surface area contributed by atoms with E-state index < -0.39 is 0 Å². The van der Waals surface area contributed by atoms with Crippen LogP contribution in [0.2, 0.25) is 0 Å². The molecule has 2 rings (SSSR count). The van der Waals surface area contributed by atoms with E-state index in [-0.39, 0.29) is 6.04 Å². The zero-order chi connectivity index (χ0) is 8.39. The summed E-state index contributed by atoms with van der Waals surface area (Å²) in [7, 11) is 0. The first kappa shape index (κ1) is 7.83. The Balaban J connectivity index is 1.97. The average Bonchev–Trinajstić information content (AvgIpc) is 2.74. The first-order valence-corrected chi connectivity index (χ1v) is 4.39. The largest absolute Gasteiger partial charge is 0.468 e. The van der Waals surface area contributed by atoms with Crippen LogP contribution in [-0.4, -0.2) is 12.6 Å². The normalized spacial score (nSPS) is 19.4. The monoisotopic (exact) mass is 166 g/mol. The number of nitrogens with one attached hydrogen (secondary N) is 1. The molecule has 66 valence electrons. The summed E-state index contributed by atoms with van der Waals surface area (Å²) in [5, 5.41) is 3.42. The van der Waals surface area contributed by atoms with Gasteiger partial charge in [0.15, 0.2) is 0 Å². The molecule has 0 bridgehead atoms. The standard InChI is InChI=1S/C9H14N2O/c10-6-8(11-7-3-4-7)9-2-1-5-12-9/h1-2,5,7-8,11H,3-4,6,10H2. The Labute approximate surface area is 71.9 Å². The Morgan fingerprint density at radius 3 is 3.00 bits per heavy atom. The van der Waals surface area contributed by atoms with Gasteiger partial charge < -0.3 is 15.5 Å². The van der Waals surface area contributed by atoms with Crippen molar-refractivity contribution in [2.24, 2.45) is 5.73 Å². The highest BCUT2D eigenvalue weighted by molar-refractivity contribution is 5.06. The van der Waals surface area contributed by atoms with Gasteiger partial charge in [0.05, 0.1) is 12.3 Å². The number of furan rings is 1. The molecule has 12 heavy (non-hydrogen) atoms. The summed E-state index contributed by atoms with van der Waals surface area (Å²) in [6.07, 6.45) is 4.24. The van der Waals surface area contributed by atoms with Crippen LogP contribution in [0.5, 0.6) is 0 Å². The number of rotatable bonds is 4. The minimum atomic E-state index is 0.201. The van der Waals surface area contributed by atoms with E-state index >= 15 is 0 Å². The minimum Gasteiger partial charge on any atom is -0.468 e. The van der Waals surface area contributed by atoms with Gasteiger partial charge in [-0.25, -0.2) is 0 Å². The van der Waals surface area contributed by atoms with Crippen LogP contribution in [0.1, 0.15) is 24.6 Å². The molecule has 1 saturated carbocycles. The van der Waals surface area contributed by atoms with Gasteiger partial charge >= 0.3 is 0 Å². The summed E-state index contributed by atoms with van der Waals surface area (Å²) in [4.78, 5) is 0. The van der Waals surface area contributed by atoms with Crippen molar-refractivity contribution in [2.75, 3.05) is 6.54 Å². The van der Waals surface area contributed by atoms with Crippen LogP contribution in [0.15, 0.2) is 22.8 Å². The van der Waals surface area contributed by atoms with Crippen LogP contribution in [0.25, 0.3) is 0 Å². The molecule has 0 spiro atoms. The highest BCUT2D eigenvalue weighted by Gasteiger charge is 2.25. The second-order valence-corrected chi connectivity index (χ2v) is 3.24. The van der Waals surface area contributed by atoms with Crippen LogP contribution in [0, 0.1) is 0 Å². The average molecular weight is 166 g/mol. The molecular formula is C9H14N2O. The molecule has 0 amide bonds. The predicted octanol–water partition coefficient (Wildman–Crippen LogP) is 1.03. The molecule has 0 saturated heterocycles. The third kappa shape index (κ3) is 1.68. The second-order valence-electron chi connectivity index (χ2n) is 3.24. The summed E-state index contributed by atoms with van der Waals surface area (Å²) in [6.45, 7) is 0.601. The third-order valence-corrected chi connectivity index (χ3v) is 2.14. The maximum Gasteiger partial charge on any atom is 0.121 e. The molecule has 1 atom stereocenters. The van der Waals surface area contributed by atoms with E-state index in [4.69, 9.17) is 10.2 Å². The SMILES string of the molecule is NCC(NC1CC1)c1ccco1. The number of hydrogen-bond acceptors (Lipinski definition) is 3. The molecular weight excluding hydrogens is 152 g/mol. The first-order chi connectivity index (χ1) is 5.90. The quantitative estimate of drug-likeness (QED) is 0.702. The molecule has 1 unspecified atom stereocenters. The molecule has 1 heterocycles. The Morgan fingerprint density at radius 2 is 2.50 bits per heavy atom. The summed E-state index contributed by atoms with van der Waals surface area (Å²) < 4.78 is 5.27. The molecule has 1 aliphatic carbocycles. The van der Waals surface area contributed by atoms with E-state index in [0.29, 0.717) is 12.6 Å². The molecule has 1 aromatic rings. The maximum atomic E-state index is 5.62. The van der Waals surface area contributed by atoms with Gasteiger partial charge in [-0.15, -0.1) is 0 Å². The Bertz CT molecular complexity index is 229. The maximum absolute atomic E-state index is 5.62. The summed E-state index contributed by atoms with van der Waals surface area (Å²) in [5.41, 5.74) is 5.62. The van der Waals surface area contributed by atoms with Gasteiger partial charge in [0.2, 0.25) is 0 Å². The van der Waals surface area contributed by atoms with Crippen LogP contribution < -0.4 is 11.1 Å². The summed E-state index contributed by atoms with van der Waals surface area (Å²) in [5.74, 6) is 0.949. The highest BCUT2D eigenvalue weighted by Crippen LogP contribution is 2.23. The fourth-order valence-corrected chi connectivity index (χ4v) is 1.29. The lowest BCUT2D eigenvalue weighted by Gasteiger charge is -2.12. The smallest absolute Gasteiger partial charge is 0.121 e. The topological polar surface area (TPSA) is 51.2 Å². The van der Waals surface area contributed by atoms with E-state index in [9.17, 15) is 0 Å². The molecule has 1 aliphatic rings. The van der Waals surface area contributed by atoms with Crippen molar-refractivity contribution in [3.05, 3.63) is 24.2 Å². The lowest BCUT2D eigenvalue weighted by atomic mass is 10.2. The van der Waals surface area contributed by atoms with Crippen molar-refractivity contribution in [3.8, 4) is 0 Å². The van der Waals surface area contributed by atoms with E-state index in [0.717, 1.165) is 5.76 Å². The summed E-state index contributed by atoms with van der Waals surface area (Å²) in [6, 6.07) is 4.73. The molecule has 1 fully saturated rings. The lowest BCUT2D eigenvalue weighted by molar-refractivity contribution is 0.415. The minimum absolute atomic E-state index is 0.201. The van der Waals surface area contributed by atoms with Crippen molar-refractivity contribution < 1.29 is 4.42 Å². The van der Waals surface area contributed by atoms with E-state index in [1.807, 2.05) is 12.1 Å². The molecule has 3 N–H and O–H groups in total. The number of nitrogens with two attached hydrogens (primary N) is 1. The third-order valence-electron chi connectivity index (χ3n) is 2.14. The van der Waals surface area contributed by atoms with Crippen molar-refractivity contribution in [1.29, 1.82) is 0 Å². The van der Waals surface area contributed by atoms with Crippen molar-refractivity contribution in [3.63, 3.8) is 0 Å². The van der Waals surface area contributed by atoms with Crippen LogP contribution in [0.4, 0.5) is 0 Å². The van der Waals surface area contributed by atoms with Gasteiger partial charge in [0, 0.05) is 12.6 Å². The van der Waals surface area contributed by atoms with Gasteiger partial charge in [-0.2, -0.15) is 0 Å². The molecule has 0 radical (unpaired) electrons. The summed E-state index contributed by atoms with van der Waals surface area (Å²) >= 11 is 0. The Hall–Kier alpha value is -0.800. The van der Waals surface area contributed by atoms with Crippen LogP contribution in [-0.2, 0) is 0 Å². The molecule has 3 nitrogen and oxygen atoms in total. The highest BCUT2D eigenvalue weighted by atomic mass is 16.3. The predicted molar refractivity (Wildman–Crippen MR) is 46.7 cm³/mol. The van der Waals surface area contributed by atoms with E-state index in [1.54, 1.807) is 6.26 Å². The van der Waals surface area contributed by atoms with Gasteiger partial charge in [-0.3, -0.25) is 0 Å². The van der Waals surface area contributed by atoms with Crippen LogP contribution >= 0.6 is 0 Å². The zero-order valence-electron chi connectivity index (χ0n) is 6.99. The van der Waals surface area contributed by atoms with Crippen molar-refractivity contribution >= 4 is 0 Å². The molecule has 0 aromatic carbocycles. The van der Waals surface area contributed by atoms with Gasteiger partial charge in [-0.05, 0) is 25.0 Å². The second kappa shape index (κ2) is 3.29. The van der Waals surface area contributed by atoms with Gasteiger partial charge in [-0.1, -0.05) is 0 Å². The zero-order valence-corrected chi connectivity index (χ0v) is 6.99. The van der Waals surface area contributed by atoms with E-state index in [2.05, 4.69) is 5.32 Å². The fourth-order valence-electron chi connectivity index (χ4n) is 1.29. The lowest BCUT2D eigenvalue weighted by Crippen LogP contribution is -2.29. The van der Waals surface area contributed by atoms with Gasteiger partial charge in [0.1, 0.15) is 5.76 Å². The Kier molecular flexibility index (Phi) is 2.15. The molecule has 1 aromatic heterocycles. The molecule has 0 aliphatic heterocycles. The van der Waals surface area contributed by atoms with E-state index in [1.165, 1.54) is 12.8 Å². The van der Waals surface area contributed by atoms with Crippen LogP contribution in [0.3, 0.4) is 0 Å². The molecule has 3 heteroatoms. The van der Waals surface area contributed by atoms with Crippen molar-refractivity contribution in [1.82, 2.24) is 5.32 Å². The number of hydrogen-bond donors (Lipinski definition) is 2.